The van der Waals surface area contributed by atoms with Crippen LogP contribution in [0.15, 0.2) is 59.5 Å². The number of benzene rings is 2. The van der Waals surface area contributed by atoms with Crippen LogP contribution in [0.5, 0.6) is 5.75 Å². The Morgan fingerprint density at radius 1 is 1.11 bits per heavy atom. The molecule has 1 fully saturated rings. The zero-order valence-electron chi connectivity index (χ0n) is 14.8. The van der Waals surface area contributed by atoms with E-state index in [2.05, 4.69) is 0 Å². The lowest BCUT2D eigenvalue weighted by Gasteiger charge is -2.30. The summed E-state index contributed by atoms with van der Waals surface area (Å²) in [7, 11) is -3.94. The van der Waals surface area contributed by atoms with Crippen molar-refractivity contribution >= 4 is 27.6 Å². The summed E-state index contributed by atoms with van der Waals surface area (Å²) in [6.07, 6.45) is -0.337. The molecule has 2 aliphatic heterocycles. The lowest BCUT2D eigenvalue weighted by Crippen LogP contribution is -2.49. The van der Waals surface area contributed by atoms with Crippen molar-refractivity contribution in [3.05, 3.63) is 54.6 Å². The summed E-state index contributed by atoms with van der Waals surface area (Å²) in [5.41, 5.74) is 0.323. The number of fused-ring (bicyclic) bond motifs is 3. The van der Waals surface area contributed by atoms with Crippen molar-refractivity contribution in [3.8, 4) is 5.75 Å². The van der Waals surface area contributed by atoms with E-state index < -0.39 is 40.6 Å². The number of nitrogens with zero attached hydrogens (tertiary/aromatic N) is 2. The van der Waals surface area contributed by atoms with Gasteiger partial charge in [-0.3, -0.25) is 14.5 Å². The van der Waals surface area contributed by atoms with Crippen LogP contribution in [0.2, 0.25) is 0 Å². The van der Waals surface area contributed by atoms with Crippen LogP contribution in [0.3, 0.4) is 0 Å². The molecule has 0 saturated carbocycles. The van der Waals surface area contributed by atoms with Gasteiger partial charge in [0.1, 0.15) is 24.4 Å². The number of sulfonamides is 1. The lowest BCUT2D eigenvalue weighted by molar-refractivity contribution is -0.137. The van der Waals surface area contributed by atoms with Crippen molar-refractivity contribution in [1.29, 1.82) is 0 Å². The zero-order chi connectivity index (χ0) is 19.9. The van der Waals surface area contributed by atoms with Gasteiger partial charge in [0.2, 0.25) is 15.9 Å². The van der Waals surface area contributed by atoms with E-state index in [9.17, 15) is 23.1 Å². The number of para-hydroxylation sites is 2. The van der Waals surface area contributed by atoms with Crippen LogP contribution in [0, 0.1) is 0 Å². The largest absolute Gasteiger partial charge is 0.487 e. The summed E-state index contributed by atoms with van der Waals surface area (Å²) >= 11 is 0. The number of carbonyl (C=O) groups is 2. The van der Waals surface area contributed by atoms with Gasteiger partial charge in [0.05, 0.1) is 17.1 Å². The molecule has 0 aromatic heterocycles. The van der Waals surface area contributed by atoms with E-state index >= 15 is 0 Å². The van der Waals surface area contributed by atoms with Crippen LogP contribution in [0.25, 0.3) is 0 Å². The third kappa shape index (κ3) is 3.12. The average Bonchev–Trinajstić information content (AvgIpc) is 3.12. The van der Waals surface area contributed by atoms with Crippen LogP contribution in [-0.2, 0) is 19.6 Å². The quantitative estimate of drug-likeness (QED) is 0.827. The fraction of sp³-hybridized carbons (Fsp3) is 0.263. The van der Waals surface area contributed by atoms with Crippen molar-refractivity contribution in [2.24, 2.45) is 0 Å². The van der Waals surface area contributed by atoms with Gasteiger partial charge >= 0.3 is 5.97 Å². The predicted molar refractivity (Wildman–Crippen MR) is 99.6 cm³/mol. The number of rotatable bonds is 4. The molecule has 2 aromatic rings. The Morgan fingerprint density at radius 2 is 1.79 bits per heavy atom. The minimum Gasteiger partial charge on any atom is -0.487 e. The Labute approximate surface area is 162 Å². The fourth-order valence-corrected chi connectivity index (χ4v) is 5.27. The Balaban J connectivity index is 1.78. The first-order valence-electron chi connectivity index (χ1n) is 8.73. The standard InChI is InChI=1S/C19H18N2O6S/c22-18(23)12-20-15-8-4-5-9-17(15)27-13-10-16(19(20)24)21(11-13)28(25,26)14-6-2-1-3-7-14/h1-9,13,16H,10-12H2,(H,22,23)/t13-,16-/m0/s1. The monoisotopic (exact) mass is 402 g/mol. The molecule has 1 N–H and O–H groups in total. The van der Waals surface area contributed by atoms with Gasteiger partial charge < -0.3 is 9.84 Å². The van der Waals surface area contributed by atoms with Crippen molar-refractivity contribution in [2.75, 3.05) is 18.0 Å². The second-order valence-corrected chi connectivity index (χ2v) is 8.56. The highest BCUT2D eigenvalue weighted by atomic mass is 32.2. The number of carboxylic acids is 1. The summed E-state index contributed by atoms with van der Waals surface area (Å²) in [4.78, 5) is 25.8. The van der Waals surface area contributed by atoms with E-state index in [1.165, 1.54) is 12.1 Å². The Morgan fingerprint density at radius 3 is 2.50 bits per heavy atom. The van der Waals surface area contributed by atoms with Crippen molar-refractivity contribution in [1.82, 2.24) is 4.31 Å². The Kier molecular flexibility index (Phi) is 4.56. The molecule has 146 valence electrons. The smallest absolute Gasteiger partial charge is 0.323 e. The average molecular weight is 402 g/mol. The topological polar surface area (TPSA) is 104 Å². The summed E-state index contributed by atoms with van der Waals surface area (Å²) in [5.74, 6) is -1.41. The Bertz CT molecular complexity index is 1020. The maximum atomic E-state index is 13.2. The second kappa shape index (κ2) is 6.92. The van der Waals surface area contributed by atoms with Crippen molar-refractivity contribution in [2.45, 2.75) is 23.5 Å². The number of carboxylic acid groups (broad SMARTS) is 1. The van der Waals surface area contributed by atoms with E-state index in [1.54, 1.807) is 42.5 Å². The number of ether oxygens (including phenoxy) is 1. The molecule has 28 heavy (non-hydrogen) atoms. The van der Waals surface area contributed by atoms with Crippen LogP contribution in [0.4, 0.5) is 5.69 Å². The van der Waals surface area contributed by atoms with E-state index in [0.717, 1.165) is 9.21 Å². The number of hydrogen-bond acceptors (Lipinski definition) is 5. The molecule has 9 heteroatoms. The van der Waals surface area contributed by atoms with Crippen LogP contribution in [-0.4, -0.2) is 54.9 Å². The normalized spacial score (nSPS) is 22.1. The van der Waals surface area contributed by atoms with E-state index in [4.69, 9.17) is 4.74 Å². The summed E-state index contributed by atoms with van der Waals surface area (Å²) < 4.78 is 33.3. The van der Waals surface area contributed by atoms with Crippen LogP contribution < -0.4 is 9.64 Å². The van der Waals surface area contributed by atoms with Gasteiger partial charge in [0, 0.05) is 6.42 Å². The minimum atomic E-state index is -3.94. The third-order valence-electron chi connectivity index (χ3n) is 4.86. The van der Waals surface area contributed by atoms with Gasteiger partial charge in [-0.2, -0.15) is 4.31 Å². The molecule has 0 aliphatic carbocycles. The van der Waals surface area contributed by atoms with Crippen molar-refractivity contribution < 1.29 is 27.9 Å². The van der Waals surface area contributed by atoms with Gasteiger partial charge in [-0.1, -0.05) is 30.3 Å². The lowest BCUT2D eigenvalue weighted by atomic mass is 10.1. The van der Waals surface area contributed by atoms with Crippen LogP contribution in [0.1, 0.15) is 6.42 Å². The molecule has 2 bridgehead atoms. The second-order valence-electron chi connectivity index (χ2n) is 6.66. The third-order valence-corrected chi connectivity index (χ3v) is 6.75. The molecule has 1 amide bonds. The predicted octanol–water partition coefficient (Wildman–Crippen LogP) is 1.33. The van der Waals surface area contributed by atoms with Crippen molar-refractivity contribution in [3.63, 3.8) is 0 Å². The summed E-state index contributed by atoms with van der Waals surface area (Å²) in [5, 5.41) is 9.28. The van der Waals surface area contributed by atoms with Gasteiger partial charge in [-0.05, 0) is 24.3 Å². The SMILES string of the molecule is O=C(O)CN1C(=O)[C@@H]2C[C@@H](CN2S(=O)(=O)c2ccccc2)Oc2ccccc21. The molecule has 2 aromatic carbocycles. The molecule has 4 rings (SSSR count). The number of anilines is 1. The number of hydrogen-bond donors (Lipinski definition) is 1. The van der Waals surface area contributed by atoms with E-state index in [-0.39, 0.29) is 17.9 Å². The number of amides is 1. The van der Waals surface area contributed by atoms with Gasteiger partial charge in [0.25, 0.3) is 0 Å². The number of aliphatic carboxylic acids is 1. The molecular weight excluding hydrogens is 384 g/mol. The molecule has 0 radical (unpaired) electrons. The summed E-state index contributed by atoms with van der Waals surface area (Å²) in [6.45, 7) is -0.567. The van der Waals surface area contributed by atoms with E-state index in [1.807, 2.05) is 0 Å². The highest BCUT2D eigenvalue weighted by molar-refractivity contribution is 7.89. The fourth-order valence-electron chi connectivity index (χ4n) is 3.63. The zero-order valence-corrected chi connectivity index (χ0v) is 15.6. The van der Waals surface area contributed by atoms with Crippen LogP contribution >= 0.6 is 0 Å². The maximum absolute atomic E-state index is 13.2. The number of carbonyl (C=O) groups excluding carboxylic acids is 1. The highest BCUT2D eigenvalue weighted by Gasteiger charge is 2.48. The molecule has 2 atom stereocenters. The first-order chi connectivity index (χ1) is 13.4. The van der Waals surface area contributed by atoms with Gasteiger partial charge in [-0.15, -0.1) is 0 Å². The molecule has 0 unspecified atom stereocenters. The molecular formula is C19H18N2O6S. The molecule has 2 heterocycles. The summed E-state index contributed by atoms with van der Waals surface area (Å²) in [6, 6.07) is 13.5. The first-order valence-corrected chi connectivity index (χ1v) is 10.2. The molecule has 8 nitrogen and oxygen atoms in total. The highest BCUT2D eigenvalue weighted by Crippen LogP contribution is 2.37. The van der Waals surface area contributed by atoms with E-state index in [0.29, 0.717) is 11.4 Å². The van der Waals surface area contributed by atoms with Gasteiger partial charge in [-0.25, -0.2) is 8.42 Å². The maximum Gasteiger partial charge on any atom is 0.323 e. The first kappa shape index (κ1) is 18.5. The Hall–Kier alpha value is -2.91. The molecule has 0 spiro atoms. The molecule has 1 saturated heterocycles. The minimum absolute atomic E-state index is 0.0167. The van der Waals surface area contributed by atoms with Gasteiger partial charge in [0.15, 0.2) is 0 Å². The molecule has 2 aliphatic rings.